The predicted octanol–water partition coefficient (Wildman–Crippen LogP) is 3.44. The van der Waals surface area contributed by atoms with Crippen molar-refractivity contribution >= 4 is 0 Å². The first-order valence-corrected chi connectivity index (χ1v) is 7.24. The number of aromatic nitrogens is 2. The van der Waals surface area contributed by atoms with Crippen LogP contribution >= 0.6 is 0 Å². The Bertz CT molecular complexity index is 737. The van der Waals surface area contributed by atoms with E-state index < -0.39 is 0 Å². The highest BCUT2D eigenvalue weighted by molar-refractivity contribution is 5.26. The molecule has 22 heavy (non-hydrogen) atoms. The van der Waals surface area contributed by atoms with E-state index in [1.54, 1.807) is 18.3 Å². The average Bonchev–Trinajstić information content (AvgIpc) is 2.95. The highest BCUT2D eigenvalue weighted by Crippen LogP contribution is 2.21. The van der Waals surface area contributed by atoms with Crippen LogP contribution in [-0.4, -0.2) is 9.55 Å². The molecule has 0 unspecified atom stereocenters. The zero-order valence-electron chi connectivity index (χ0n) is 12.4. The van der Waals surface area contributed by atoms with E-state index in [4.69, 9.17) is 0 Å². The lowest BCUT2D eigenvalue weighted by atomic mass is 10.1. The van der Waals surface area contributed by atoms with Crippen molar-refractivity contribution in [3.8, 4) is 0 Å². The molecule has 2 aromatic carbocycles. The van der Waals surface area contributed by atoms with Gasteiger partial charge in [-0.25, -0.2) is 9.37 Å². The highest BCUT2D eigenvalue weighted by Gasteiger charge is 2.18. The Morgan fingerprint density at radius 1 is 1.14 bits per heavy atom. The number of imidazole rings is 1. The molecule has 0 radical (unpaired) electrons. The Morgan fingerprint density at radius 2 is 1.95 bits per heavy atom. The SMILES string of the molecule is Cn1ccnc1[C@@H](NCc1ccccc1)c1cccc(F)c1. The number of halogens is 1. The first-order chi connectivity index (χ1) is 10.7. The second-order valence-electron chi connectivity index (χ2n) is 5.25. The molecule has 0 aliphatic heterocycles. The largest absolute Gasteiger partial charge is 0.336 e. The molecule has 0 saturated heterocycles. The van der Waals surface area contributed by atoms with Crippen molar-refractivity contribution in [2.45, 2.75) is 12.6 Å². The summed E-state index contributed by atoms with van der Waals surface area (Å²) < 4.78 is 15.5. The molecule has 1 N–H and O–H groups in total. The standard InChI is InChI=1S/C18H18FN3/c1-22-11-10-20-18(22)17(15-8-5-9-16(19)12-15)21-13-14-6-3-2-4-7-14/h2-12,17,21H,13H2,1H3/t17-/m0/s1. The van der Waals surface area contributed by atoms with Crippen molar-refractivity contribution in [3.63, 3.8) is 0 Å². The normalized spacial score (nSPS) is 12.3. The van der Waals surface area contributed by atoms with Crippen molar-refractivity contribution in [1.82, 2.24) is 14.9 Å². The minimum Gasteiger partial charge on any atom is -0.336 e. The third-order valence-corrected chi connectivity index (χ3v) is 3.65. The quantitative estimate of drug-likeness (QED) is 0.781. The Morgan fingerprint density at radius 3 is 2.64 bits per heavy atom. The molecule has 0 amide bonds. The number of benzene rings is 2. The Hall–Kier alpha value is -2.46. The van der Waals surface area contributed by atoms with Gasteiger partial charge in [0.1, 0.15) is 11.6 Å². The van der Waals surface area contributed by atoms with Gasteiger partial charge in [-0.2, -0.15) is 0 Å². The number of hydrogen-bond acceptors (Lipinski definition) is 2. The molecule has 3 nitrogen and oxygen atoms in total. The van der Waals surface area contributed by atoms with Gasteiger partial charge in [0.15, 0.2) is 0 Å². The van der Waals surface area contributed by atoms with E-state index in [2.05, 4.69) is 22.4 Å². The number of nitrogens with one attached hydrogen (secondary N) is 1. The van der Waals surface area contributed by atoms with Crippen LogP contribution in [-0.2, 0) is 13.6 Å². The van der Waals surface area contributed by atoms with E-state index in [9.17, 15) is 4.39 Å². The maximum atomic E-state index is 13.6. The zero-order chi connectivity index (χ0) is 15.4. The van der Waals surface area contributed by atoms with Gasteiger partial charge in [0, 0.05) is 26.0 Å². The van der Waals surface area contributed by atoms with E-state index in [0.29, 0.717) is 6.54 Å². The summed E-state index contributed by atoms with van der Waals surface area (Å²) in [5.74, 6) is 0.625. The van der Waals surface area contributed by atoms with E-state index >= 15 is 0 Å². The lowest BCUT2D eigenvalue weighted by Crippen LogP contribution is -2.24. The molecule has 3 aromatic rings. The Balaban J connectivity index is 1.88. The monoisotopic (exact) mass is 295 g/mol. The fourth-order valence-electron chi connectivity index (χ4n) is 2.52. The van der Waals surface area contributed by atoms with Gasteiger partial charge in [-0.3, -0.25) is 5.32 Å². The molecular formula is C18H18FN3. The third-order valence-electron chi connectivity index (χ3n) is 3.65. The summed E-state index contributed by atoms with van der Waals surface area (Å²) in [7, 11) is 1.94. The van der Waals surface area contributed by atoms with Crippen molar-refractivity contribution in [2.24, 2.45) is 7.05 Å². The van der Waals surface area contributed by atoms with Gasteiger partial charge in [0.05, 0.1) is 6.04 Å². The summed E-state index contributed by atoms with van der Waals surface area (Å²) in [5, 5.41) is 3.47. The molecule has 1 aromatic heterocycles. The molecule has 0 bridgehead atoms. The lowest BCUT2D eigenvalue weighted by molar-refractivity contribution is 0.551. The molecule has 0 spiro atoms. The van der Waals surface area contributed by atoms with Crippen molar-refractivity contribution in [1.29, 1.82) is 0 Å². The first-order valence-electron chi connectivity index (χ1n) is 7.24. The molecule has 1 heterocycles. The van der Waals surface area contributed by atoms with Crippen LogP contribution in [0.15, 0.2) is 67.0 Å². The fourth-order valence-corrected chi connectivity index (χ4v) is 2.52. The second kappa shape index (κ2) is 6.54. The molecule has 1 atom stereocenters. The predicted molar refractivity (Wildman–Crippen MR) is 84.7 cm³/mol. The summed E-state index contributed by atoms with van der Waals surface area (Å²) in [6, 6.07) is 16.6. The smallest absolute Gasteiger partial charge is 0.130 e. The lowest BCUT2D eigenvalue weighted by Gasteiger charge is -2.19. The maximum absolute atomic E-state index is 13.6. The van der Waals surface area contributed by atoms with Crippen molar-refractivity contribution < 1.29 is 4.39 Å². The molecule has 0 aliphatic carbocycles. The van der Waals surface area contributed by atoms with Gasteiger partial charge >= 0.3 is 0 Å². The summed E-state index contributed by atoms with van der Waals surface area (Å²) in [6.07, 6.45) is 3.65. The Kier molecular flexibility index (Phi) is 4.30. The summed E-state index contributed by atoms with van der Waals surface area (Å²) in [6.45, 7) is 0.689. The minimum absolute atomic E-state index is 0.157. The molecule has 0 saturated carbocycles. The number of rotatable bonds is 5. The van der Waals surface area contributed by atoms with Crippen molar-refractivity contribution in [2.75, 3.05) is 0 Å². The molecular weight excluding hydrogens is 277 g/mol. The van der Waals surface area contributed by atoms with Gasteiger partial charge in [0.2, 0.25) is 0 Å². The van der Waals surface area contributed by atoms with E-state index in [-0.39, 0.29) is 11.9 Å². The van der Waals surface area contributed by atoms with Crippen LogP contribution in [0.5, 0.6) is 0 Å². The fraction of sp³-hybridized carbons (Fsp3) is 0.167. The summed E-state index contributed by atoms with van der Waals surface area (Å²) in [5.41, 5.74) is 2.04. The first kappa shape index (κ1) is 14.5. The number of hydrogen-bond donors (Lipinski definition) is 1. The topological polar surface area (TPSA) is 29.9 Å². The van der Waals surface area contributed by atoms with Crippen LogP contribution in [0.2, 0.25) is 0 Å². The van der Waals surface area contributed by atoms with E-state index in [0.717, 1.165) is 11.4 Å². The van der Waals surface area contributed by atoms with Gasteiger partial charge in [0.25, 0.3) is 0 Å². The maximum Gasteiger partial charge on any atom is 0.130 e. The van der Waals surface area contributed by atoms with Gasteiger partial charge < -0.3 is 4.57 Å². The number of aryl methyl sites for hydroxylation is 1. The van der Waals surface area contributed by atoms with E-state index in [1.807, 2.05) is 42.1 Å². The third kappa shape index (κ3) is 3.23. The number of nitrogens with zero attached hydrogens (tertiary/aromatic N) is 2. The minimum atomic E-state index is -0.238. The van der Waals surface area contributed by atoms with Crippen molar-refractivity contribution in [3.05, 3.63) is 89.8 Å². The van der Waals surface area contributed by atoms with Gasteiger partial charge in [-0.1, -0.05) is 42.5 Å². The van der Waals surface area contributed by atoms with Gasteiger partial charge in [-0.15, -0.1) is 0 Å². The van der Waals surface area contributed by atoms with Gasteiger partial charge in [-0.05, 0) is 23.3 Å². The second-order valence-corrected chi connectivity index (χ2v) is 5.25. The Labute approximate surface area is 129 Å². The van der Waals surface area contributed by atoms with Crippen LogP contribution in [0.25, 0.3) is 0 Å². The zero-order valence-corrected chi connectivity index (χ0v) is 12.4. The molecule has 112 valence electrons. The average molecular weight is 295 g/mol. The molecule has 0 aliphatic rings. The van der Waals surface area contributed by atoms with Crippen LogP contribution < -0.4 is 5.32 Å². The molecule has 0 fully saturated rings. The van der Waals surface area contributed by atoms with Crippen LogP contribution in [0.4, 0.5) is 4.39 Å². The van der Waals surface area contributed by atoms with Crippen LogP contribution in [0, 0.1) is 5.82 Å². The molecule has 4 heteroatoms. The van der Waals surface area contributed by atoms with Crippen LogP contribution in [0.1, 0.15) is 23.0 Å². The molecule has 3 rings (SSSR count). The highest BCUT2D eigenvalue weighted by atomic mass is 19.1. The summed E-state index contributed by atoms with van der Waals surface area (Å²) >= 11 is 0. The van der Waals surface area contributed by atoms with Crippen LogP contribution in [0.3, 0.4) is 0 Å². The van der Waals surface area contributed by atoms with E-state index in [1.165, 1.54) is 11.6 Å². The summed E-state index contributed by atoms with van der Waals surface area (Å²) in [4.78, 5) is 4.41.